The van der Waals surface area contributed by atoms with Gasteiger partial charge in [-0.3, -0.25) is 0 Å². The van der Waals surface area contributed by atoms with Crippen LogP contribution in [0.5, 0.6) is 0 Å². The molecule has 0 bridgehead atoms. The van der Waals surface area contributed by atoms with Crippen LogP contribution in [0.25, 0.3) is 0 Å². The van der Waals surface area contributed by atoms with Gasteiger partial charge >= 0.3 is 0 Å². The Morgan fingerprint density at radius 1 is 0.833 bits per heavy atom. The van der Waals surface area contributed by atoms with Gasteiger partial charge in [0, 0.05) is 23.1 Å². The van der Waals surface area contributed by atoms with Crippen LogP contribution in [0.1, 0.15) is 72.6 Å². The van der Waals surface area contributed by atoms with Crippen molar-refractivity contribution in [3.05, 3.63) is 24.3 Å². The van der Waals surface area contributed by atoms with E-state index in [1.54, 1.807) is 0 Å². The highest BCUT2D eigenvalue weighted by Gasteiger charge is 2.49. The molecule has 2 atom stereocenters. The van der Waals surface area contributed by atoms with E-state index in [1.165, 1.54) is 49.7 Å². The van der Waals surface area contributed by atoms with Crippen LogP contribution in [0.3, 0.4) is 0 Å². The van der Waals surface area contributed by atoms with E-state index < -0.39 is 0 Å². The third kappa shape index (κ3) is 5.54. The lowest BCUT2D eigenvalue weighted by molar-refractivity contribution is 0.240. The van der Waals surface area contributed by atoms with E-state index in [4.69, 9.17) is 10.8 Å². The molecule has 134 valence electrons. The van der Waals surface area contributed by atoms with Crippen LogP contribution in [-0.4, -0.2) is 5.66 Å². The van der Waals surface area contributed by atoms with E-state index >= 15 is 0 Å². The summed E-state index contributed by atoms with van der Waals surface area (Å²) < 4.78 is 0. The molecule has 0 N–H and O–H groups in total. The van der Waals surface area contributed by atoms with Crippen molar-refractivity contribution in [3.8, 4) is 0 Å². The van der Waals surface area contributed by atoms with Gasteiger partial charge in [0.1, 0.15) is 0 Å². The SMILES string of the molecule is C=C(C)C1CCC(C)CC1.C=C(C)[C@@H]1CC[C@@H](C)C2(C1)N=N2.N#N. The molecule has 0 radical (unpaired) electrons. The summed E-state index contributed by atoms with van der Waals surface area (Å²) in [6, 6.07) is 0. The Labute approximate surface area is 147 Å². The molecule has 0 aromatic carbocycles. The van der Waals surface area contributed by atoms with Crippen molar-refractivity contribution in [2.24, 2.45) is 33.9 Å². The van der Waals surface area contributed by atoms with Crippen LogP contribution < -0.4 is 0 Å². The second kappa shape index (κ2) is 9.11. The predicted molar refractivity (Wildman–Crippen MR) is 98.3 cm³/mol. The van der Waals surface area contributed by atoms with Gasteiger partial charge < -0.3 is 0 Å². The van der Waals surface area contributed by atoms with E-state index in [2.05, 4.69) is 51.1 Å². The molecule has 3 rings (SSSR count). The van der Waals surface area contributed by atoms with Gasteiger partial charge in [-0.2, -0.15) is 10.2 Å². The average Bonchev–Trinajstić information content (AvgIpc) is 3.33. The largest absolute Gasteiger partial charge is 0.194 e. The fraction of sp³-hybridized carbons (Fsp3) is 0.800. The average molecular weight is 331 g/mol. The lowest BCUT2D eigenvalue weighted by atomic mass is 9.74. The Balaban J connectivity index is 0.000000221. The zero-order valence-corrected chi connectivity index (χ0v) is 16.0. The molecule has 0 aromatic rings. The van der Waals surface area contributed by atoms with Gasteiger partial charge in [-0.05, 0) is 57.3 Å². The van der Waals surface area contributed by atoms with Crippen LogP contribution >= 0.6 is 0 Å². The van der Waals surface area contributed by atoms with Crippen LogP contribution in [0, 0.1) is 34.5 Å². The topological polar surface area (TPSA) is 72.3 Å². The third-order valence-electron chi connectivity index (χ3n) is 6.05. The number of hydrogen-bond donors (Lipinski definition) is 0. The summed E-state index contributed by atoms with van der Waals surface area (Å²) in [5.41, 5.74) is 2.73. The zero-order chi connectivity index (χ0) is 18.3. The maximum absolute atomic E-state index is 6.00. The van der Waals surface area contributed by atoms with Crippen molar-refractivity contribution in [1.82, 2.24) is 0 Å². The molecule has 0 aromatic heterocycles. The molecule has 3 aliphatic rings. The molecule has 2 aliphatic carbocycles. The normalized spacial score (nSPS) is 32.6. The van der Waals surface area contributed by atoms with Crippen LogP contribution in [0.15, 0.2) is 34.5 Å². The monoisotopic (exact) mass is 330 g/mol. The number of allylic oxidation sites excluding steroid dienone is 2. The molecule has 0 saturated heterocycles. The maximum atomic E-state index is 6.00. The molecule has 1 heterocycles. The standard InChI is InChI=1S/C10H16N2.C10H18.N2/c1-7(2)9-5-4-8(3)10(6-9)11-12-10;1-8(2)10-6-4-9(3)5-7-10;1-2/h8-9H,1,4-6H2,2-3H3;9-10H,1,4-7H2,2-3H3;/t8-,9-;;/m1../s1. The lowest BCUT2D eigenvalue weighted by Gasteiger charge is -2.31. The first-order valence-electron chi connectivity index (χ1n) is 9.29. The van der Waals surface area contributed by atoms with Gasteiger partial charge in [0.2, 0.25) is 0 Å². The molecule has 0 unspecified atom stereocenters. The molecular formula is C20H34N4. The van der Waals surface area contributed by atoms with Crippen molar-refractivity contribution in [2.45, 2.75) is 78.3 Å². The lowest BCUT2D eigenvalue weighted by Crippen LogP contribution is -2.31. The van der Waals surface area contributed by atoms with Crippen LogP contribution in [0.4, 0.5) is 0 Å². The van der Waals surface area contributed by atoms with E-state index in [-0.39, 0.29) is 5.66 Å². The zero-order valence-electron chi connectivity index (χ0n) is 16.0. The van der Waals surface area contributed by atoms with Gasteiger partial charge in [-0.15, -0.1) is 0 Å². The molecule has 1 aliphatic heterocycles. The van der Waals surface area contributed by atoms with E-state index in [0.29, 0.717) is 11.8 Å². The minimum absolute atomic E-state index is 0.0296. The fourth-order valence-corrected chi connectivity index (χ4v) is 3.86. The summed E-state index contributed by atoms with van der Waals surface area (Å²) in [5.74, 6) is 3.14. The van der Waals surface area contributed by atoms with E-state index in [9.17, 15) is 0 Å². The Kier molecular flexibility index (Phi) is 7.79. The van der Waals surface area contributed by atoms with Gasteiger partial charge in [-0.1, -0.05) is 51.0 Å². The summed E-state index contributed by atoms with van der Waals surface area (Å²) in [6.45, 7) is 16.9. The fourth-order valence-electron chi connectivity index (χ4n) is 3.86. The quantitative estimate of drug-likeness (QED) is 0.423. The summed E-state index contributed by atoms with van der Waals surface area (Å²) in [6.07, 6.45) is 9.25. The van der Waals surface area contributed by atoms with Crippen molar-refractivity contribution >= 4 is 0 Å². The van der Waals surface area contributed by atoms with Crippen molar-refractivity contribution in [2.75, 3.05) is 0 Å². The summed E-state index contributed by atoms with van der Waals surface area (Å²) in [5, 5.41) is 20.4. The Morgan fingerprint density at radius 2 is 1.29 bits per heavy atom. The summed E-state index contributed by atoms with van der Waals surface area (Å²) in [4.78, 5) is 0. The minimum Gasteiger partial charge on any atom is -0.159 e. The molecule has 4 heteroatoms. The van der Waals surface area contributed by atoms with Crippen molar-refractivity contribution in [3.63, 3.8) is 0 Å². The van der Waals surface area contributed by atoms with Gasteiger partial charge in [0.25, 0.3) is 0 Å². The van der Waals surface area contributed by atoms with Crippen molar-refractivity contribution < 1.29 is 0 Å². The summed E-state index contributed by atoms with van der Waals surface area (Å²) >= 11 is 0. The first-order chi connectivity index (χ1) is 11.3. The number of hydrogen-bond acceptors (Lipinski definition) is 4. The van der Waals surface area contributed by atoms with Crippen LogP contribution in [-0.2, 0) is 0 Å². The maximum Gasteiger partial charge on any atom is 0.194 e. The Morgan fingerprint density at radius 3 is 1.71 bits per heavy atom. The number of rotatable bonds is 2. The minimum atomic E-state index is 0.0296. The molecule has 2 saturated carbocycles. The molecular weight excluding hydrogens is 296 g/mol. The third-order valence-corrected chi connectivity index (χ3v) is 6.05. The highest BCUT2D eigenvalue weighted by atomic mass is 15.4. The summed E-state index contributed by atoms with van der Waals surface area (Å²) in [7, 11) is 0. The first-order valence-corrected chi connectivity index (χ1v) is 9.29. The van der Waals surface area contributed by atoms with Gasteiger partial charge in [-0.25, -0.2) is 0 Å². The second-order valence-electron chi connectivity index (χ2n) is 8.11. The van der Waals surface area contributed by atoms with E-state index in [0.717, 1.165) is 18.3 Å². The molecule has 1 spiro atoms. The molecule has 24 heavy (non-hydrogen) atoms. The highest BCUT2D eigenvalue weighted by molar-refractivity contribution is 5.09. The smallest absolute Gasteiger partial charge is 0.159 e. The van der Waals surface area contributed by atoms with Crippen LogP contribution in [0.2, 0.25) is 0 Å². The molecule has 0 amide bonds. The first kappa shape index (κ1) is 20.5. The Hall–Kier alpha value is -1.50. The second-order valence-corrected chi connectivity index (χ2v) is 8.11. The predicted octanol–water partition coefficient (Wildman–Crippen LogP) is 6.58. The molecule has 4 nitrogen and oxygen atoms in total. The van der Waals surface area contributed by atoms with Gasteiger partial charge in [0.05, 0.1) is 0 Å². The van der Waals surface area contributed by atoms with Crippen molar-refractivity contribution in [1.29, 1.82) is 10.8 Å². The molecule has 2 fully saturated rings. The van der Waals surface area contributed by atoms with E-state index in [1.807, 2.05) is 0 Å². The number of nitrogens with zero attached hydrogens (tertiary/aromatic N) is 4. The Bertz CT molecular complexity index is 477. The van der Waals surface area contributed by atoms with Gasteiger partial charge in [0.15, 0.2) is 5.66 Å². The highest BCUT2D eigenvalue weighted by Crippen LogP contribution is 2.49.